The lowest BCUT2D eigenvalue weighted by molar-refractivity contribution is 0.732. The highest BCUT2D eigenvalue weighted by Crippen LogP contribution is 2.10. The minimum Gasteiger partial charge on any atom is -0.347 e. The molecule has 0 saturated heterocycles. The van der Waals surface area contributed by atoms with E-state index in [0.29, 0.717) is 0 Å². The summed E-state index contributed by atoms with van der Waals surface area (Å²) in [5.41, 5.74) is 7.13. The van der Waals surface area contributed by atoms with Crippen molar-refractivity contribution in [2.24, 2.45) is 0 Å². The van der Waals surface area contributed by atoms with Crippen LogP contribution in [0.1, 0.15) is 5.69 Å². The lowest BCUT2D eigenvalue weighted by Gasteiger charge is -2.12. The fourth-order valence-corrected chi connectivity index (χ4v) is 0.953. The molecule has 0 atom stereocenters. The van der Waals surface area contributed by atoms with Gasteiger partial charge >= 0.3 is 0 Å². The molecule has 0 aliphatic carbocycles. The third-order valence-electron chi connectivity index (χ3n) is 1.43. The van der Waals surface area contributed by atoms with Gasteiger partial charge in [0, 0.05) is 13.0 Å². The van der Waals surface area contributed by atoms with Crippen molar-refractivity contribution in [3.05, 3.63) is 12.0 Å². The number of nitrogens with one attached hydrogen (secondary N) is 3. The van der Waals surface area contributed by atoms with Gasteiger partial charge in [-0.3, -0.25) is 0 Å². The third kappa shape index (κ3) is 0.675. The van der Waals surface area contributed by atoms with E-state index in [9.17, 15) is 0 Å². The number of hydrogen-bond acceptors (Lipinski definition) is 3. The van der Waals surface area contributed by atoms with E-state index in [1.807, 2.05) is 0 Å². The minimum absolute atomic E-state index is 0.932. The Morgan fingerprint density at radius 2 is 2.56 bits per heavy atom. The molecule has 1 aromatic heterocycles. The van der Waals surface area contributed by atoms with Crippen LogP contribution in [-0.4, -0.2) is 16.5 Å². The molecule has 1 aromatic rings. The summed E-state index contributed by atoms with van der Waals surface area (Å²) in [4.78, 5) is 7.07. The second-order valence-electron chi connectivity index (χ2n) is 2.03. The average molecular weight is 124 g/mol. The monoisotopic (exact) mass is 124 g/mol. The highest BCUT2D eigenvalue weighted by atomic mass is 15.4. The molecule has 0 fully saturated rings. The predicted molar refractivity (Wildman–Crippen MR) is 33.9 cm³/mol. The number of anilines is 1. The van der Waals surface area contributed by atoms with Crippen LogP contribution in [0.4, 0.5) is 5.82 Å². The number of H-pyrrole nitrogens is 1. The third-order valence-corrected chi connectivity index (χ3v) is 1.43. The van der Waals surface area contributed by atoms with Crippen LogP contribution < -0.4 is 10.9 Å². The van der Waals surface area contributed by atoms with Gasteiger partial charge in [0.15, 0.2) is 5.82 Å². The molecule has 0 radical (unpaired) electrons. The molecule has 4 heteroatoms. The zero-order chi connectivity index (χ0) is 6.10. The smallest absolute Gasteiger partial charge is 0.161 e. The van der Waals surface area contributed by atoms with E-state index in [-0.39, 0.29) is 0 Å². The van der Waals surface area contributed by atoms with E-state index in [4.69, 9.17) is 0 Å². The van der Waals surface area contributed by atoms with Crippen LogP contribution in [0.3, 0.4) is 0 Å². The van der Waals surface area contributed by atoms with Crippen LogP contribution >= 0.6 is 0 Å². The molecule has 1 aliphatic rings. The normalized spacial score (nSPS) is 16.4. The number of rotatable bonds is 0. The van der Waals surface area contributed by atoms with Crippen molar-refractivity contribution in [3.8, 4) is 0 Å². The maximum absolute atomic E-state index is 4.03. The zero-order valence-corrected chi connectivity index (χ0v) is 4.94. The standard InChI is InChI=1S/C5H8N4/c1-2-8-9-5-4(1)6-3-7-5/h3,8-9H,1-2H2,(H,6,7). The molecule has 3 N–H and O–H groups in total. The Kier molecular flexibility index (Phi) is 0.927. The fourth-order valence-electron chi connectivity index (χ4n) is 0.953. The average Bonchev–Trinajstić information content (AvgIpc) is 2.33. The van der Waals surface area contributed by atoms with E-state index < -0.39 is 0 Å². The maximum Gasteiger partial charge on any atom is 0.161 e. The van der Waals surface area contributed by atoms with Gasteiger partial charge in [0.25, 0.3) is 0 Å². The Labute approximate surface area is 52.7 Å². The summed E-state index contributed by atoms with van der Waals surface area (Å²) >= 11 is 0. The van der Waals surface area contributed by atoms with Crippen molar-refractivity contribution < 1.29 is 0 Å². The fraction of sp³-hybridized carbons (Fsp3) is 0.400. The lowest BCUT2D eigenvalue weighted by Crippen LogP contribution is -2.29. The second kappa shape index (κ2) is 1.73. The van der Waals surface area contributed by atoms with Crippen LogP contribution in [0.25, 0.3) is 0 Å². The SMILES string of the molecule is c1nc2c([nH]1)CCNN2. The Balaban J connectivity index is 2.39. The van der Waals surface area contributed by atoms with Gasteiger partial charge < -0.3 is 10.4 Å². The van der Waals surface area contributed by atoms with E-state index in [2.05, 4.69) is 20.8 Å². The Hall–Kier alpha value is -1.03. The first-order valence-electron chi connectivity index (χ1n) is 2.98. The van der Waals surface area contributed by atoms with Gasteiger partial charge in [-0.05, 0) is 0 Å². The van der Waals surface area contributed by atoms with Gasteiger partial charge in [0.1, 0.15) is 0 Å². The van der Waals surface area contributed by atoms with Crippen molar-refractivity contribution in [3.63, 3.8) is 0 Å². The Morgan fingerprint density at radius 1 is 1.56 bits per heavy atom. The Morgan fingerprint density at radius 3 is 3.44 bits per heavy atom. The van der Waals surface area contributed by atoms with Crippen LogP contribution in [0.5, 0.6) is 0 Å². The molecule has 4 nitrogen and oxygen atoms in total. The van der Waals surface area contributed by atoms with Gasteiger partial charge in [-0.25, -0.2) is 10.4 Å². The summed E-state index contributed by atoms with van der Waals surface area (Å²) in [6.45, 7) is 0.967. The number of hydrazine groups is 1. The topological polar surface area (TPSA) is 52.7 Å². The number of nitrogens with zero attached hydrogens (tertiary/aromatic N) is 1. The highest BCUT2D eigenvalue weighted by Gasteiger charge is 2.07. The molecule has 0 spiro atoms. The van der Waals surface area contributed by atoms with Crippen LogP contribution in [0, 0.1) is 0 Å². The molecule has 48 valence electrons. The van der Waals surface area contributed by atoms with Gasteiger partial charge in [-0.15, -0.1) is 0 Å². The molecule has 9 heavy (non-hydrogen) atoms. The molecular formula is C5H8N4. The van der Waals surface area contributed by atoms with Gasteiger partial charge in [0.05, 0.1) is 12.0 Å². The Bertz CT molecular complexity index is 184. The second-order valence-corrected chi connectivity index (χ2v) is 2.03. The first kappa shape index (κ1) is 4.81. The number of hydrogen-bond donors (Lipinski definition) is 3. The van der Waals surface area contributed by atoms with E-state index in [1.54, 1.807) is 6.33 Å². The number of aromatic nitrogens is 2. The molecule has 0 saturated carbocycles. The lowest BCUT2D eigenvalue weighted by atomic mass is 10.3. The van der Waals surface area contributed by atoms with Crippen molar-refractivity contribution >= 4 is 5.82 Å². The maximum atomic E-state index is 4.03. The molecule has 0 bridgehead atoms. The molecule has 0 unspecified atom stereocenters. The quantitative estimate of drug-likeness (QED) is 0.452. The molecule has 2 heterocycles. The van der Waals surface area contributed by atoms with Crippen LogP contribution in [0.15, 0.2) is 6.33 Å². The van der Waals surface area contributed by atoms with Crippen LogP contribution in [-0.2, 0) is 6.42 Å². The summed E-state index contributed by atoms with van der Waals surface area (Å²) in [6, 6.07) is 0. The van der Waals surface area contributed by atoms with Gasteiger partial charge in [-0.2, -0.15) is 0 Å². The summed E-state index contributed by atoms with van der Waals surface area (Å²) in [5.74, 6) is 0.932. The van der Waals surface area contributed by atoms with Crippen molar-refractivity contribution in [2.75, 3.05) is 12.0 Å². The summed E-state index contributed by atoms with van der Waals surface area (Å²) in [5, 5.41) is 0. The summed E-state index contributed by atoms with van der Waals surface area (Å²) in [7, 11) is 0. The molecule has 0 amide bonds. The number of imidazole rings is 1. The van der Waals surface area contributed by atoms with E-state index >= 15 is 0 Å². The van der Waals surface area contributed by atoms with Gasteiger partial charge in [-0.1, -0.05) is 0 Å². The predicted octanol–water partition coefficient (Wildman–Crippen LogP) is -0.118. The summed E-state index contributed by atoms with van der Waals surface area (Å²) in [6.07, 6.45) is 2.73. The zero-order valence-electron chi connectivity index (χ0n) is 4.94. The highest BCUT2D eigenvalue weighted by molar-refractivity contribution is 5.40. The first-order chi connectivity index (χ1) is 4.47. The molecule has 0 aromatic carbocycles. The largest absolute Gasteiger partial charge is 0.347 e. The number of aromatic amines is 1. The molecule has 2 rings (SSSR count). The summed E-state index contributed by atoms with van der Waals surface area (Å²) < 4.78 is 0. The number of fused-ring (bicyclic) bond motifs is 1. The molecular weight excluding hydrogens is 116 g/mol. The minimum atomic E-state index is 0.932. The van der Waals surface area contributed by atoms with Crippen LogP contribution in [0.2, 0.25) is 0 Å². The van der Waals surface area contributed by atoms with Gasteiger partial charge in [0.2, 0.25) is 0 Å². The molecule has 1 aliphatic heterocycles. The van der Waals surface area contributed by atoms with Crippen molar-refractivity contribution in [2.45, 2.75) is 6.42 Å². The van der Waals surface area contributed by atoms with E-state index in [1.165, 1.54) is 5.69 Å². The van der Waals surface area contributed by atoms with Crippen molar-refractivity contribution in [1.29, 1.82) is 0 Å². The first-order valence-corrected chi connectivity index (χ1v) is 2.98. The van der Waals surface area contributed by atoms with E-state index in [0.717, 1.165) is 18.8 Å². The van der Waals surface area contributed by atoms with Crippen molar-refractivity contribution in [1.82, 2.24) is 15.4 Å².